The van der Waals surface area contributed by atoms with Crippen LogP contribution in [0.5, 0.6) is 5.75 Å². The zero-order valence-corrected chi connectivity index (χ0v) is 18.0. The maximum Gasteiger partial charge on any atom is 0.296 e. The number of hydrogen-bond acceptors (Lipinski definition) is 6. The lowest BCUT2D eigenvalue weighted by Gasteiger charge is -2.22. The van der Waals surface area contributed by atoms with E-state index >= 15 is 0 Å². The number of Topliss-reactive ketones (excluding diaryl/α,β-unsaturated/α-hetero) is 1. The molecule has 1 saturated heterocycles. The van der Waals surface area contributed by atoms with E-state index in [9.17, 15) is 14.7 Å². The summed E-state index contributed by atoms with van der Waals surface area (Å²) in [5.74, 6) is 0.359. The van der Waals surface area contributed by atoms with Crippen LogP contribution in [0, 0.1) is 6.92 Å². The van der Waals surface area contributed by atoms with E-state index in [1.165, 1.54) is 11.2 Å². The van der Waals surface area contributed by atoms with E-state index in [0.29, 0.717) is 35.2 Å². The molecule has 1 aliphatic rings. The van der Waals surface area contributed by atoms with Gasteiger partial charge in [0.05, 0.1) is 25.0 Å². The van der Waals surface area contributed by atoms with Crippen LogP contribution in [0.15, 0.2) is 69.2 Å². The van der Waals surface area contributed by atoms with Gasteiger partial charge in [0.1, 0.15) is 34.8 Å². The molecule has 0 saturated carbocycles. The molecule has 32 heavy (non-hydrogen) atoms. The Hall–Kier alpha value is -3.74. The lowest BCUT2D eigenvalue weighted by Crippen LogP contribution is -2.28. The number of ether oxygens (including phenoxy) is 1. The lowest BCUT2D eigenvalue weighted by molar-refractivity contribution is -0.140. The van der Waals surface area contributed by atoms with Crippen molar-refractivity contribution in [2.45, 2.75) is 39.3 Å². The Morgan fingerprint density at radius 2 is 2.00 bits per heavy atom. The molecule has 1 aliphatic heterocycles. The number of amides is 1. The van der Waals surface area contributed by atoms with Crippen LogP contribution < -0.4 is 4.74 Å². The molecule has 0 radical (unpaired) electrons. The largest absolute Gasteiger partial charge is 0.507 e. The lowest BCUT2D eigenvalue weighted by atomic mass is 9.99. The van der Waals surface area contributed by atoms with Gasteiger partial charge in [-0.1, -0.05) is 25.5 Å². The van der Waals surface area contributed by atoms with Gasteiger partial charge >= 0.3 is 0 Å². The maximum atomic E-state index is 13.0. The number of furan rings is 2. The van der Waals surface area contributed by atoms with Crippen molar-refractivity contribution >= 4 is 17.4 Å². The zero-order valence-electron chi connectivity index (χ0n) is 18.0. The topological polar surface area (TPSA) is 93.1 Å². The number of ketones is 1. The number of unbranched alkanes of at least 4 members (excludes halogenated alkanes) is 1. The first-order valence-electron chi connectivity index (χ1n) is 10.6. The van der Waals surface area contributed by atoms with Gasteiger partial charge in [0.25, 0.3) is 11.7 Å². The highest BCUT2D eigenvalue weighted by atomic mass is 16.5. The SMILES string of the molecule is CCCCOc1cccc(C(O)=C2C(=O)C(=O)N(Cc3ccco3)C2c2ccc(C)o2)c1. The molecule has 1 aromatic carbocycles. The van der Waals surface area contributed by atoms with Crippen LogP contribution in [0.25, 0.3) is 5.76 Å². The summed E-state index contributed by atoms with van der Waals surface area (Å²) in [6.45, 7) is 4.47. The second-order valence-corrected chi connectivity index (χ2v) is 7.68. The summed E-state index contributed by atoms with van der Waals surface area (Å²) in [5, 5.41) is 11.1. The summed E-state index contributed by atoms with van der Waals surface area (Å²) in [4.78, 5) is 27.3. The number of nitrogens with zero attached hydrogens (tertiary/aromatic N) is 1. The normalized spacial score (nSPS) is 17.8. The Bertz CT molecular complexity index is 1140. The van der Waals surface area contributed by atoms with Crippen LogP contribution in [0.1, 0.15) is 48.7 Å². The minimum atomic E-state index is -0.876. The fraction of sp³-hybridized carbons (Fsp3) is 0.280. The Morgan fingerprint density at radius 3 is 2.69 bits per heavy atom. The molecular weight excluding hydrogens is 410 g/mol. The van der Waals surface area contributed by atoms with Gasteiger partial charge in [0, 0.05) is 5.56 Å². The number of rotatable bonds is 8. The average molecular weight is 435 g/mol. The molecule has 1 amide bonds. The van der Waals surface area contributed by atoms with E-state index in [0.717, 1.165) is 12.8 Å². The Balaban J connectivity index is 1.76. The molecule has 2 aromatic heterocycles. The third-order valence-corrected chi connectivity index (χ3v) is 5.35. The Labute approximate surface area is 185 Å². The molecule has 7 nitrogen and oxygen atoms in total. The molecule has 0 spiro atoms. The number of aryl methyl sites for hydroxylation is 1. The second kappa shape index (κ2) is 9.18. The summed E-state index contributed by atoms with van der Waals surface area (Å²) in [5.41, 5.74) is 0.366. The molecule has 1 fully saturated rings. The van der Waals surface area contributed by atoms with Crippen molar-refractivity contribution in [2.24, 2.45) is 0 Å². The van der Waals surface area contributed by atoms with Crippen molar-refractivity contribution in [1.82, 2.24) is 4.90 Å². The highest BCUT2D eigenvalue weighted by Gasteiger charge is 2.47. The van der Waals surface area contributed by atoms with Crippen molar-refractivity contribution in [1.29, 1.82) is 0 Å². The van der Waals surface area contributed by atoms with E-state index in [2.05, 4.69) is 6.92 Å². The summed E-state index contributed by atoms with van der Waals surface area (Å²) in [6.07, 6.45) is 3.41. The summed E-state index contributed by atoms with van der Waals surface area (Å²) >= 11 is 0. The van der Waals surface area contributed by atoms with E-state index < -0.39 is 17.7 Å². The van der Waals surface area contributed by atoms with E-state index in [4.69, 9.17) is 13.6 Å². The number of aliphatic hydroxyl groups excluding tert-OH is 1. The molecule has 0 aliphatic carbocycles. The monoisotopic (exact) mass is 435 g/mol. The van der Waals surface area contributed by atoms with Crippen LogP contribution in [0.2, 0.25) is 0 Å². The first-order chi connectivity index (χ1) is 15.5. The fourth-order valence-electron chi connectivity index (χ4n) is 3.73. The summed E-state index contributed by atoms with van der Waals surface area (Å²) in [6, 6.07) is 12.9. The minimum Gasteiger partial charge on any atom is -0.507 e. The first kappa shape index (κ1) is 21.5. The standard InChI is InChI=1S/C25H25NO6/c1-3-4-12-30-18-8-5-7-17(14-18)23(27)21-22(20-11-10-16(2)32-20)26(25(29)24(21)28)15-19-9-6-13-31-19/h5-11,13-14,22,27H,3-4,12,15H2,1-2H3. The molecule has 1 N–H and O–H groups in total. The van der Waals surface area contributed by atoms with Gasteiger partial charge < -0.3 is 23.6 Å². The number of hydrogen-bond donors (Lipinski definition) is 1. The number of aliphatic hydroxyl groups is 1. The summed E-state index contributed by atoms with van der Waals surface area (Å²) in [7, 11) is 0. The van der Waals surface area contributed by atoms with Gasteiger partial charge in [0.2, 0.25) is 0 Å². The third kappa shape index (κ3) is 4.19. The zero-order chi connectivity index (χ0) is 22.7. The van der Waals surface area contributed by atoms with E-state index in [-0.39, 0.29) is 17.9 Å². The van der Waals surface area contributed by atoms with Crippen LogP contribution >= 0.6 is 0 Å². The maximum absolute atomic E-state index is 13.0. The van der Waals surface area contributed by atoms with Crippen LogP contribution in [0.4, 0.5) is 0 Å². The highest BCUT2D eigenvalue weighted by molar-refractivity contribution is 6.46. The molecule has 7 heteroatoms. The van der Waals surface area contributed by atoms with Crippen LogP contribution in [-0.4, -0.2) is 28.3 Å². The van der Waals surface area contributed by atoms with Gasteiger partial charge in [-0.3, -0.25) is 9.59 Å². The van der Waals surface area contributed by atoms with Crippen molar-refractivity contribution in [3.8, 4) is 5.75 Å². The highest BCUT2D eigenvalue weighted by Crippen LogP contribution is 2.41. The molecule has 0 bridgehead atoms. The third-order valence-electron chi connectivity index (χ3n) is 5.35. The number of carbonyl (C=O) groups is 2. The minimum absolute atomic E-state index is 0.0263. The van der Waals surface area contributed by atoms with Gasteiger partial charge in [-0.15, -0.1) is 0 Å². The summed E-state index contributed by atoms with van der Waals surface area (Å²) < 4.78 is 16.9. The van der Waals surface area contributed by atoms with E-state index in [1.54, 1.807) is 55.5 Å². The van der Waals surface area contributed by atoms with Crippen molar-refractivity contribution in [3.63, 3.8) is 0 Å². The van der Waals surface area contributed by atoms with Crippen molar-refractivity contribution in [3.05, 3.63) is 83.2 Å². The van der Waals surface area contributed by atoms with Crippen LogP contribution in [0.3, 0.4) is 0 Å². The molecule has 3 aromatic rings. The fourth-order valence-corrected chi connectivity index (χ4v) is 3.73. The van der Waals surface area contributed by atoms with Crippen LogP contribution in [-0.2, 0) is 16.1 Å². The molecule has 3 heterocycles. The van der Waals surface area contributed by atoms with Gasteiger partial charge in [-0.05, 0) is 49.7 Å². The van der Waals surface area contributed by atoms with Crippen molar-refractivity contribution in [2.75, 3.05) is 6.61 Å². The van der Waals surface area contributed by atoms with E-state index in [1.807, 2.05) is 0 Å². The molecule has 166 valence electrons. The number of likely N-dealkylation sites (tertiary alicyclic amines) is 1. The predicted molar refractivity (Wildman–Crippen MR) is 117 cm³/mol. The predicted octanol–water partition coefficient (Wildman–Crippen LogP) is 4.98. The average Bonchev–Trinajstić information content (AvgIpc) is 3.51. The molecule has 4 rings (SSSR count). The Morgan fingerprint density at radius 1 is 1.16 bits per heavy atom. The Kier molecular flexibility index (Phi) is 6.16. The molecule has 1 unspecified atom stereocenters. The second-order valence-electron chi connectivity index (χ2n) is 7.68. The quantitative estimate of drug-likeness (QED) is 0.232. The number of benzene rings is 1. The molecule has 1 atom stereocenters. The van der Waals surface area contributed by atoms with Gasteiger partial charge in [0.15, 0.2) is 0 Å². The van der Waals surface area contributed by atoms with Gasteiger partial charge in [-0.25, -0.2) is 0 Å². The molecular formula is C25H25NO6. The first-order valence-corrected chi connectivity index (χ1v) is 10.6. The number of carbonyl (C=O) groups excluding carboxylic acids is 2. The van der Waals surface area contributed by atoms with Crippen molar-refractivity contribution < 1.29 is 28.3 Å². The van der Waals surface area contributed by atoms with Gasteiger partial charge in [-0.2, -0.15) is 0 Å². The smallest absolute Gasteiger partial charge is 0.296 e.